The van der Waals surface area contributed by atoms with Crippen molar-refractivity contribution in [1.29, 1.82) is 0 Å². The van der Waals surface area contributed by atoms with Gasteiger partial charge in [-0.05, 0) is 18.4 Å². The standard InChI is InChI=1S/C17H22N4O2/c22-13-15-7-4-9-21(15)17(23)19-11-16-18-8-10-20(16)12-14-5-2-1-3-6-14/h1-3,5-6,8,10,15,22H,4,7,9,11-13H2,(H,19,23)/t15-/m1/s1. The molecule has 2 aromatic rings. The minimum atomic E-state index is -0.129. The second kappa shape index (κ2) is 7.28. The van der Waals surface area contributed by atoms with Crippen LogP contribution in [0.3, 0.4) is 0 Å². The summed E-state index contributed by atoms with van der Waals surface area (Å²) in [6.45, 7) is 1.84. The number of aromatic nitrogens is 2. The Morgan fingerprint density at radius 2 is 2.17 bits per heavy atom. The van der Waals surface area contributed by atoms with Crippen LogP contribution < -0.4 is 5.32 Å². The highest BCUT2D eigenvalue weighted by atomic mass is 16.3. The van der Waals surface area contributed by atoms with Gasteiger partial charge in [-0.3, -0.25) is 0 Å². The molecular weight excluding hydrogens is 292 g/mol. The van der Waals surface area contributed by atoms with E-state index in [2.05, 4.69) is 22.4 Å². The van der Waals surface area contributed by atoms with Crippen molar-refractivity contribution in [2.24, 2.45) is 0 Å². The van der Waals surface area contributed by atoms with Crippen LogP contribution in [0.5, 0.6) is 0 Å². The third-order valence-electron chi connectivity index (χ3n) is 4.24. The second-order valence-electron chi connectivity index (χ2n) is 5.79. The van der Waals surface area contributed by atoms with E-state index in [1.54, 1.807) is 11.1 Å². The monoisotopic (exact) mass is 314 g/mol. The molecule has 2 N–H and O–H groups in total. The molecule has 1 aliphatic heterocycles. The molecule has 0 saturated carbocycles. The highest BCUT2D eigenvalue weighted by molar-refractivity contribution is 5.74. The van der Waals surface area contributed by atoms with E-state index in [1.165, 1.54) is 5.56 Å². The first-order chi connectivity index (χ1) is 11.3. The summed E-state index contributed by atoms with van der Waals surface area (Å²) in [6, 6.07) is 9.96. The zero-order valence-corrected chi connectivity index (χ0v) is 13.1. The van der Waals surface area contributed by atoms with Crippen molar-refractivity contribution in [3.05, 3.63) is 54.1 Å². The zero-order valence-electron chi connectivity index (χ0n) is 13.1. The number of urea groups is 1. The van der Waals surface area contributed by atoms with E-state index in [4.69, 9.17) is 0 Å². The van der Waals surface area contributed by atoms with E-state index in [-0.39, 0.29) is 18.7 Å². The number of carbonyl (C=O) groups excluding carboxylic acids is 1. The van der Waals surface area contributed by atoms with E-state index in [0.717, 1.165) is 25.2 Å². The Labute approximate surface area is 135 Å². The summed E-state index contributed by atoms with van der Waals surface area (Å²) in [5.74, 6) is 0.821. The maximum absolute atomic E-state index is 12.2. The molecule has 1 aliphatic rings. The largest absolute Gasteiger partial charge is 0.394 e. The van der Waals surface area contributed by atoms with Gasteiger partial charge in [0.2, 0.25) is 0 Å². The van der Waals surface area contributed by atoms with Crippen molar-refractivity contribution >= 4 is 6.03 Å². The molecule has 23 heavy (non-hydrogen) atoms. The molecule has 6 heteroatoms. The number of aliphatic hydroxyl groups excluding tert-OH is 1. The number of hydrogen-bond donors (Lipinski definition) is 2. The normalized spacial score (nSPS) is 17.4. The van der Waals surface area contributed by atoms with Crippen molar-refractivity contribution in [2.45, 2.75) is 32.0 Å². The summed E-state index contributed by atoms with van der Waals surface area (Å²) in [5, 5.41) is 12.2. The molecule has 0 radical (unpaired) electrons. The van der Waals surface area contributed by atoms with Gasteiger partial charge in [-0.2, -0.15) is 0 Å². The van der Waals surface area contributed by atoms with Crippen molar-refractivity contribution in [1.82, 2.24) is 19.8 Å². The lowest BCUT2D eigenvalue weighted by Gasteiger charge is -2.23. The minimum absolute atomic E-state index is 0.0239. The van der Waals surface area contributed by atoms with Crippen LogP contribution in [-0.4, -0.2) is 44.8 Å². The Morgan fingerprint density at radius 3 is 2.96 bits per heavy atom. The van der Waals surface area contributed by atoms with Gasteiger partial charge in [0.05, 0.1) is 19.2 Å². The first-order valence-electron chi connectivity index (χ1n) is 7.97. The lowest BCUT2D eigenvalue weighted by Crippen LogP contribution is -2.44. The van der Waals surface area contributed by atoms with E-state index < -0.39 is 0 Å². The quantitative estimate of drug-likeness (QED) is 0.880. The summed E-state index contributed by atoms with van der Waals surface area (Å²) in [4.78, 5) is 18.3. The highest BCUT2D eigenvalue weighted by Crippen LogP contribution is 2.16. The first-order valence-corrected chi connectivity index (χ1v) is 7.97. The van der Waals surface area contributed by atoms with Gasteiger partial charge in [0.1, 0.15) is 5.82 Å². The van der Waals surface area contributed by atoms with E-state index >= 15 is 0 Å². The second-order valence-corrected chi connectivity index (χ2v) is 5.79. The molecule has 0 aliphatic carbocycles. The molecule has 0 bridgehead atoms. The molecule has 2 amide bonds. The number of likely N-dealkylation sites (tertiary alicyclic amines) is 1. The molecule has 0 spiro atoms. The van der Waals surface area contributed by atoms with E-state index in [1.807, 2.05) is 29.0 Å². The Kier molecular flexibility index (Phi) is 4.92. The third-order valence-corrected chi connectivity index (χ3v) is 4.24. The van der Waals surface area contributed by atoms with Crippen LogP contribution in [-0.2, 0) is 13.1 Å². The van der Waals surface area contributed by atoms with Gasteiger partial charge in [0, 0.05) is 25.5 Å². The Balaban J connectivity index is 1.59. The predicted octanol–water partition coefficient (Wildman–Crippen LogP) is 1.60. The fraction of sp³-hybridized carbons (Fsp3) is 0.412. The van der Waals surface area contributed by atoms with Crippen LogP contribution in [0.4, 0.5) is 4.79 Å². The lowest BCUT2D eigenvalue weighted by molar-refractivity contribution is 0.156. The van der Waals surface area contributed by atoms with Crippen molar-refractivity contribution < 1.29 is 9.90 Å². The summed E-state index contributed by atoms with van der Waals surface area (Å²) >= 11 is 0. The molecule has 1 atom stereocenters. The number of amides is 2. The fourth-order valence-electron chi connectivity index (χ4n) is 2.98. The van der Waals surface area contributed by atoms with Gasteiger partial charge in [-0.25, -0.2) is 9.78 Å². The number of nitrogens with zero attached hydrogens (tertiary/aromatic N) is 3. The number of hydrogen-bond acceptors (Lipinski definition) is 3. The molecule has 1 saturated heterocycles. The van der Waals surface area contributed by atoms with Gasteiger partial charge < -0.3 is 19.9 Å². The SMILES string of the molecule is O=C(NCc1nccn1Cc1ccccc1)N1CCC[C@@H]1CO. The number of carbonyl (C=O) groups is 1. The maximum atomic E-state index is 12.2. The average molecular weight is 314 g/mol. The maximum Gasteiger partial charge on any atom is 0.318 e. The Morgan fingerprint density at radius 1 is 1.35 bits per heavy atom. The average Bonchev–Trinajstić information content (AvgIpc) is 3.22. The molecule has 3 rings (SSSR count). The molecule has 6 nitrogen and oxygen atoms in total. The number of aliphatic hydroxyl groups is 1. The summed E-state index contributed by atoms with van der Waals surface area (Å²) in [6.07, 6.45) is 5.48. The van der Waals surface area contributed by atoms with Crippen molar-refractivity contribution in [3.8, 4) is 0 Å². The van der Waals surface area contributed by atoms with Gasteiger partial charge in [-0.15, -0.1) is 0 Å². The topological polar surface area (TPSA) is 70.4 Å². The summed E-state index contributed by atoms with van der Waals surface area (Å²) in [5.41, 5.74) is 1.19. The number of nitrogens with one attached hydrogen (secondary N) is 1. The van der Waals surface area contributed by atoms with Crippen LogP contribution in [0.1, 0.15) is 24.2 Å². The van der Waals surface area contributed by atoms with Crippen LogP contribution in [0.25, 0.3) is 0 Å². The van der Waals surface area contributed by atoms with Crippen LogP contribution in [0, 0.1) is 0 Å². The predicted molar refractivity (Wildman–Crippen MR) is 86.8 cm³/mol. The smallest absolute Gasteiger partial charge is 0.318 e. The van der Waals surface area contributed by atoms with E-state index in [0.29, 0.717) is 13.1 Å². The third kappa shape index (κ3) is 3.71. The Bertz CT molecular complexity index is 641. The first kappa shape index (κ1) is 15.6. The number of benzene rings is 1. The van der Waals surface area contributed by atoms with Crippen LogP contribution >= 0.6 is 0 Å². The molecule has 1 aromatic carbocycles. The van der Waals surface area contributed by atoms with Gasteiger partial charge in [0.15, 0.2) is 0 Å². The molecule has 122 valence electrons. The highest BCUT2D eigenvalue weighted by Gasteiger charge is 2.27. The molecule has 2 heterocycles. The summed E-state index contributed by atoms with van der Waals surface area (Å²) in [7, 11) is 0. The number of rotatable bonds is 5. The molecule has 1 fully saturated rings. The van der Waals surface area contributed by atoms with Crippen molar-refractivity contribution in [3.63, 3.8) is 0 Å². The lowest BCUT2D eigenvalue weighted by atomic mass is 10.2. The molecular formula is C17H22N4O2. The Hall–Kier alpha value is -2.34. The van der Waals surface area contributed by atoms with E-state index in [9.17, 15) is 9.90 Å². The van der Waals surface area contributed by atoms with Crippen LogP contribution in [0.2, 0.25) is 0 Å². The van der Waals surface area contributed by atoms with Gasteiger partial charge in [-0.1, -0.05) is 30.3 Å². The van der Waals surface area contributed by atoms with Gasteiger partial charge >= 0.3 is 6.03 Å². The molecule has 1 aromatic heterocycles. The van der Waals surface area contributed by atoms with Crippen LogP contribution in [0.15, 0.2) is 42.7 Å². The van der Waals surface area contributed by atoms with Gasteiger partial charge in [0.25, 0.3) is 0 Å². The van der Waals surface area contributed by atoms with Crippen molar-refractivity contribution in [2.75, 3.05) is 13.2 Å². The fourth-order valence-corrected chi connectivity index (χ4v) is 2.98. The minimum Gasteiger partial charge on any atom is -0.394 e. The zero-order chi connectivity index (χ0) is 16.1. The summed E-state index contributed by atoms with van der Waals surface area (Å²) < 4.78 is 2.03. The number of imidazole rings is 1. The molecule has 0 unspecified atom stereocenters.